The average molecular weight is 213 g/mol. The molecule has 1 aliphatic rings. The highest BCUT2D eigenvalue weighted by Gasteiger charge is 2.25. The maximum Gasteiger partial charge on any atom is 0.307 e. The van der Waals surface area contributed by atoms with E-state index in [2.05, 4.69) is 25.7 Å². The standard InChI is InChI=1S/C12H23NO2/c1-12(2,3)6-8-13-7-4-5-10(9-13)11(14)15/h10H,4-9H2,1-3H3,(H,14,15). The number of carboxylic acids is 1. The Labute approximate surface area is 92.5 Å². The topological polar surface area (TPSA) is 40.5 Å². The molecule has 1 fully saturated rings. The smallest absolute Gasteiger partial charge is 0.307 e. The SMILES string of the molecule is CC(C)(C)CCN1CCCC(C(=O)O)C1. The van der Waals surface area contributed by atoms with Crippen LogP contribution in [0, 0.1) is 11.3 Å². The molecule has 0 saturated carbocycles. The Morgan fingerprint density at radius 3 is 2.67 bits per heavy atom. The third-order valence-electron chi connectivity index (χ3n) is 3.03. The molecule has 1 atom stereocenters. The molecular formula is C12H23NO2. The first kappa shape index (κ1) is 12.5. The molecule has 88 valence electrons. The molecule has 1 N–H and O–H groups in total. The van der Waals surface area contributed by atoms with Crippen LogP contribution in [0.15, 0.2) is 0 Å². The van der Waals surface area contributed by atoms with Crippen molar-refractivity contribution in [3.63, 3.8) is 0 Å². The fraction of sp³-hybridized carbons (Fsp3) is 0.917. The van der Waals surface area contributed by atoms with E-state index < -0.39 is 5.97 Å². The maximum absolute atomic E-state index is 10.9. The summed E-state index contributed by atoms with van der Waals surface area (Å²) in [5.41, 5.74) is 0.343. The molecule has 1 saturated heterocycles. The molecule has 0 amide bonds. The lowest BCUT2D eigenvalue weighted by Gasteiger charge is -2.32. The zero-order valence-electron chi connectivity index (χ0n) is 10.1. The molecule has 0 bridgehead atoms. The Kier molecular flexibility index (Phi) is 4.14. The van der Waals surface area contributed by atoms with Crippen LogP contribution in [0.4, 0.5) is 0 Å². The summed E-state index contributed by atoms with van der Waals surface area (Å²) >= 11 is 0. The first-order chi connectivity index (χ1) is 6.88. The van der Waals surface area contributed by atoms with Gasteiger partial charge in [0.15, 0.2) is 0 Å². The van der Waals surface area contributed by atoms with Gasteiger partial charge in [-0.3, -0.25) is 4.79 Å². The zero-order valence-corrected chi connectivity index (χ0v) is 10.1. The number of carboxylic acid groups (broad SMARTS) is 1. The van der Waals surface area contributed by atoms with Gasteiger partial charge < -0.3 is 10.0 Å². The molecule has 1 unspecified atom stereocenters. The van der Waals surface area contributed by atoms with Crippen LogP contribution >= 0.6 is 0 Å². The molecule has 3 nitrogen and oxygen atoms in total. The minimum absolute atomic E-state index is 0.140. The highest BCUT2D eigenvalue weighted by atomic mass is 16.4. The molecule has 1 rings (SSSR count). The summed E-state index contributed by atoms with van der Waals surface area (Å²) in [6.07, 6.45) is 3.02. The number of hydrogen-bond acceptors (Lipinski definition) is 2. The second kappa shape index (κ2) is 4.97. The Hall–Kier alpha value is -0.570. The van der Waals surface area contributed by atoms with Crippen LogP contribution in [0.25, 0.3) is 0 Å². The summed E-state index contributed by atoms with van der Waals surface area (Å²) in [5.74, 6) is -0.769. The van der Waals surface area contributed by atoms with E-state index in [0.717, 1.165) is 38.9 Å². The molecule has 1 heterocycles. The molecule has 15 heavy (non-hydrogen) atoms. The second-order valence-corrected chi connectivity index (χ2v) is 5.79. The van der Waals surface area contributed by atoms with Crippen molar-refractivity contribution in [2.24, 2.45) is 11.3 Å². The van der Waals surface area contributed by atoms with Crippen molar-refractivity contribution in [1.82, 2.24) is 4.90 Å². The van der Waals surface area contributed by atoms with Gasteiger partial charge >= 0.3 is 5.97 Å². The third-order valence-corrected chi connectivity index (χ3v) is 3.03. The number of aliphatic carboxylic acids is 1. The molecule has 0 aliphatic carbocycles. The van der Waals surface area contributed by atoms with Crippen LogP contribution in [0.3, 0.4) is 0 Å². The Morgan fingerprint density at radius 2 is 2.13 bits per heavy atom. The van der Waals surface area contributed by atoms with Gasteiger partial charge in [0.1, 0.15) is 0 Å². The molecule has 3 heteroatoms. The summed E-state index contributed by atoms with van der Waals surface area (Å²) in [6.45, 7) is 9.53. The van der Waals surface area contributed by atoms with Gasteiger partial charge in [-0.2, -0.15) is 0 Å². The summed E-state index contributed by atoms with van der Waals surface area (Å²) in [7, 11) is 0. The maximum atomic E-state index is 10.9. The quantitative estimate of drug-likeness (QED) is 0.781. The molecular weight excluding hydrogens is 190 g/mol. The fourth-order valence-electron chi connectivity index (χ4n) is 1.95. The van der Waals surface area contributed by atoms with Crippen molar-refractivity contribution >= 4 is 5.97 Å². The van der Waals surface area contributed by atoms with Crippen molar-refractivity contribution in [3.05, 3.63) is 0 Å². The summed E-state index contributed by atoms with van der Waals surface area (Å²) in [4.78, 5) is 13.2. The average Bonchev–Trinajstić information content (AvgIpc) is 2.14. The van der Waals surface area contributed by atoms with Crippen LogP contribution in [0.1, 0.15) is 40.0 Å². The van der Waals surface area contributed by atoms with Gasteiger partial charge in [0.05, 0.1) is 5.92 Å². The normalized spacial score (nSPS) is 24.1. The number of carbonyl (C=O) groups is 1. The van der Waals surface area contributed by atoms with Crippen molar-refractivity contribution in [1.29, 1.82) is 0 Å². The van der Waals surface area contributed by atoms with Gasteiger partial charge in [-0.15, -0.1) is 0 Å². The number of rotatable bonds is 3. The first-order valence-corrected chi connectivity index (χ1v) is 5.84. The van der Waals surface area contributed by atoms with Crippen molar-refractivity contribution < 1.29 is 9.90 Å². The van der Waals surface area contributed by atoms with Crippen LogP contribution in [0.5, 0.6) is 0 Å². The predicted molar refractivity (Wildman–Crippen MR) is 60.9 cm³/mol. The van der Waals surface area contributed by atoms with E-state index in [0.29, 0.717) is 5.41 Å². The number of piperidine rings is 1. The van der Waals surface area contributed by atoms with Crippen molar-refractivity contribution in [2.75, 3.05) is 19.6 Å². The zero-order chi connectivity index (χ0) is 11.5. The molecule has 0 radical (unpaired) electrons. The van der Waals surface area contributed by atoms with Crippen molar-refractivity contribution in [2.45, 2.75) is 40.0 Å². The second-order valence-electron chi connectivity index (χ2n) is 5.79. The van der Waals surface area contributed by atoms with E-state index in [-0.39, 0.29) is 5.92 Å². The Balaban J connectivity index is 2.34. The molecule has 0 aromatic carbocycles. The van der Waals surface area contributed by atoms with E-state index in [1.165, 1.54) is 0 Å². The van der Waals surface area contributed by atoms with Crippen molar-refractivity contribution in [3.8, 4) is 0 Å². The van der Waals surface area contributed by atoms with Gasteiger partial charge in [0.25, 0.3) is 0 Å². The number of nitrogens with zero attached hydrogens (tertiary/aromatic N) is 1. The van der Waals surface area contributed by atoms with Gasteiger partial charge in [0.2, 0.25) is 0 Å². The van der Waals surface area contributed by atoms with E-state index in [1.807, 2.05) is 0 Å². The van der Waals surface area contributed by atoms with Crippen LogP contribution in [-0.4, -0.2) is 35.6 Å². The Morgan fingerprint density at radius 1 is 1.47 bits per heavy atom. The van der Waals surface area contributed by atoms with Gasteiger partial charge in [0, 0.05) is 6.54 Å². The lowest BCUT2D eigenvalue weighted by atomic mass is 9.91. The summed E-state index contributed by atoms with van der Waals surface area (Å²) < 4.78 is 0. The lowest BCUT2D eigenvalue weighted by Crippen LogP contribution is -2.39. The minimum Gasteiger partial charge on any atom is -0.481 e. The molecule has 0 aromatic heterocycles. The van der Waals surface area contributed by atoms with E-state index in [9.17, 15) is 4.79 Å². The molecule has 0 aromatic rings. The minimum atomic E-state index is -0.629. The fourth-order valence-corrected chi connectivity index (χ4v) is 1.95. The summed E-state index contributed by atoms with van der Waals surface area (Å²) in [6, 6.07) is 0. The van der Waals surface area contributed by atoms with Crippen LogP contribution < -0.4 is 0 Å². The highest BCUT2D eigenvalue weighted by Crippen LogP contribution is 2.22. The first-order valence-electron chi connectivity index (χ1n) is 5.84. The van der Waals surface area contributed by atoms with Crippen LogP contribution in [-0.2, 0) is 4.79 Å². The van der Waals surface area contributed by atoms with Gasteiger partial charge in [-0.1, -0.05) is 20.8 Å². The monoisotopic (exact) mass is 213 g/mol. The third kappa shape index (κ3) is 4.65. The largest absolute Gasteiger partial charge is 0.481 e. The Bertz CT molecular complexity index is 220. The van der Waals surface area contributed by atoms with E-state index in [4.69, 9.17) is 5.11 Å². The van der Waals surface area contributed by atoms with E-state index >= 15 is 0 Å². The highest BCUT2D eigenvalue weighted by molar-refractivity contribution is 5.70. The number of hydrogen-bond donors (Lipinski definition) is 1. The molecule has 1 aliphatic heterocycles. The van der Waals surface area contributed by atoms with E-state index in [1.54, 1.807) is 0 Å². The summed E-state index contributed by atoms with van der Waals surface area (Å²) in [5, 5.41) is 8.96. The number of likely N-dealkylation sites (tertiary alicyclic amines) is 1. The predicted octanol–water partition coefficient (Wildman–Crippen LogP) is 2.22. The lowest BCUT2D eigenvalue weighted by molar-refractivity contribution is -0.143. The van der Waals surface area contributed by atoms with Gasteiger partial charge in [-0.05, 0) is 37.8 Å². The molecule has 0 spiro atoms. The van der Waals surface area contributed by atoms with Gasteiger partial charge in [-0.25, -0.2) is 0 Å². The van der Waals surface area contributed by atoms with Crippen LogP contribution in [0.2, 0.25) is 0 Å².